The molecular formula is C21H28ClN3O2. The number of nitrogens with two attached hydrogens (primary N) is 1. The van der Waals surface area contributed by atoms with Crippen LogP contribution in [0, 0.1) is 13.8 Å². The standard InChI is InChI=1S/C21H27N3O2.ClH/c1-4-5-9-18(22)21(26)23-17-11-10-15(3)19(13-17)24-20(25)16-8-6-7-14(2)12-16;/h6-8,10-13,18H,4-5,9,22H2,1-3H3,(H,23,26)(H,24,25);1H/t18-;/m0./s1. The zero-order valence-corrected chi connectivity index (χ0v) is 16.9. The molecule has 0 bridgehead atoms. The molecule has 0 aliphatic rings. The Hall–Kier alpha value is -2.37. The van der Waals surface area contributed by atoms with Crippen molar-refractivity contribution in [3.8, 4) is 0 Å². The molecule has 0 radical (unpaired) electrons. The van der Waals surface area contributed by atoms with Crippen LogP contribution in [-0.4, -0.2) is 17.9 Å². The van der Waals surface area contributed by atoms with E-state index < -0.39 is 6.04 Å². The predicted octanol–water partition coefficient (Wildman–Crippen LogP) is 4.43. The zero-order valence-electron chi connectivity index (χ0n) is 16.0. The number of rotatable bonds is 7. The fourth-order valence-corrected chi connectivity index (χ4v) is 2.61. The molecular weight excluding hydrogens is 362 g/mol. The smallest absolute Gasteiger partial charge is 0.255 e. The minimum Gasteiger partial charge on any atom is -0.325 e. The van der Waals surface area contributed by atoms with Crippen LogP contribution in [0.3, 0.4) is 0 Å². The van der Waals surface area contributed by atoms with Gasteiger partial charge < -0.3 is 16.4 Å². The molecule has 0 unspecified atom stereocenters. The lowest BCUT2D eigenvalue weighted by Crippen LogP contribution is -2.35. The van der Waals surface area contributed by atoms with Crippen molar-refractivity contribution in [3.05, 3.63) is 59.2 Å². The van der Waals surface area contributed by atoms with Gasteiger partial charge >= 0.3 is 0 Å². The van der Waals surface area contributed by atoms with Crippen LogP contribution >= 0.6 is 12.4 Å². The maximum atomic E-state index is 12.5. The number of aryl methyl sites for hydroxylation is 2. The summed E-state index contributed by atoms with van der Waals surface area (Å²) in [5, 5.41) is 5.73. The molecule has 4 N–H and O–H groups in total. The quantitative estimate of drug-likeness (QED) is 0.654. The zero-order chi connectivity index (χ0) is 19.1. The van der Waals surface area contributed by atoms with Gasteiger partial charge in [0, 0.05) is 16.9 Å². The summed E-state index contributed by atoms with van der Waals surface area (Å²) in [6, 6.07) is 12.3. The predicted molar refractivity (Wildman–Crippen MR) is 114 cm³/mol. The Balaban J connectivity index is 0.00000364. The van der Waals surface area contributed by atoms with E-state index in [-0.39, 0.29) is 24.2 Å². The lowest BCUT2D eigenvalue weighted by atomic mass is 10.1. The lowest BCUT2D eigenvalue weighted by molar-refractivity contribution is -0.117. The summed E-state index contributed by atoms with van der Waals surface area (Å²) in [7, 11) is 0. The van der Waals surface area contributed by atoms with E-state index in [1.807, 2.05) is 44.2 Å². The van der Waals surface area contributed by atoms with Crippen LogP contribution in [0.25, 0.3) is 0 Å². The molecule has 0 saturated carbocycles. The highest BCUT2D eigenvalue weighted by Gasteiger charge is 2.14. The lowest BCUT2D eigenvalue weighted by Gasteiger charge is -2.14. The number of hydrogen-bond acceptors (Lipinski definition) is 3. The molecule has 2 rings (SSSR count). The van der Waals surface area contributed by atoms with Crippen molar-refractivity contribution in [1.29, 1.82) is 0 Å². The highest BCUT2D eigenvalue weighted by atomic mass is 35.5. The van der Waals surface area contributed by atoms with Gasteiger partial charge in [0.2, 0.25) is 5.91 Å². The molecule has 146 valence electrons. The SMILES string of the molecule is CCCC[C@H](N)C(=O)Nc1ccc(C)c(NC(=O)c2cccc(C)c2)c1.Cl. The maximum absolute atomic E-state index is 12.5. The van der Waals surface area contributed by atoms with Gasteiger partial charge in [0.05, 0.1) is 6.04 Å². The van der Waals surface area contributed by atoms with Gasteiger partial charge in [0.1, 0.15) is 0 Å². The van der Waals surface area contributed by atoms with Gasteiger partial charge in [-0.2, -0.15) is 0 Å². The summed E-state index contributed by atoms with van der Waals surface area (Å²) in [4.78, 5) is 24.6. The number of nitrogens with one attached hydrogen (secondary N) is 2. The molecule has 0 spiro atoms. The second kappa shape index (κ2) is 10.7. The average Bonchev–Trinajstić information content (AvgIpc) is 2.62. The van der Waals surface area contributed by atoms with Crippen LogP contribution in [0.1, 0.15) is 47.7 Å². The van der Waals surface area contributed by atoms with Crippen molar-refractivity contribution < 1.29 is 9.59 Å². The fraction of sp³-hybridized carbons (Fsp3) is 0.333. The summed E-state index contributed by atoms with van der Waals surface area (Å²) in [5.74, 6) is -0.391. The molecule has 0 fully saturated rings. The number of benzene rings is 2. The van der Waals surface area contributed by atoms with Gasteiger partial charge in [-0.15, -0.1) is 12.4 Å². The third-order valence-corrected chi connectivity index (χ3v) is 4.24. The third-order valence-electron chi connectivity index (χ3n) is 4.24. The molecule has 1 atom stereocenters. The number of halogens is 1. The number of anilines is 2. The first kappa shape index (κ1) is 22.7. The van der Waals surface area contributed by atoms with Crippen molar-refractivity contribution in [2.45, 2.75) is 46.1 Å². The van der Waals surface area contributed by atoms with Gasteiger partial charge in [-0.05, 0) is 50.1 Å². The van der Waals surface area contributed by atoms with Crippen LogP contribution in [0.15, 0.2) is 42.5 Å². The number of amides is 2. The third kappa shape index (κ3) is 6.70. The normalized spacial score (nSPS) is 11.3. The highest BCUT2D eigenvalue weighted by Crippen LogP contribution is 2.21. The van der Waals surface area contributed by atoms with Crippen molar-refractivity contribution in [2.24, 2.45) is 5.73 Å². The van der Waals surface area contributed by atoms with Crippen LogP contribution in [0.2, 0.25) is 0 Å². The molecule has 2 aromatic rings. The van der Waals surface area contributed by atoms with E-state index >= 15 is 0 Å². The van der Waals surface area contributed by atoms with Crippen LogP contribution < -0.4 is 16.4 Å². The van der Waals surface area contributed by atoms with Crippen molar-refractivity contribution >= 4 is 35.6 Å². The highest BCUT2D eigenvalue weighted by molar-refractivity contribution is 6.05. The molecule has 0 heterocycles. The Labute approximate surface area is 167 Å². The van der Waals surface area contributed by atoms with E-state index in [2.05, 4.69) is 17.6 Å². The largest absolute Gasteiger partial charge is 0.325 e. The van der Waals surface area contributed by atoms with Crippen LogP contribution in [0.4, 0.5) is 11.4 Å². The molecule has 5 nitrogen and oxygen atoms in total. The Kier molecular flexibility index (Phi) is 8.98. The first-order valence-corrected chi connectivity index (χ1v) is 8.96. The number of hydrogen-bond donors (Lipinski definition) is 3. The molecule has 2 amide bonds. The van der Waals surface area contributed by atoms with Crippen LogP contribution in [0.5, 0.6) is 0 Å². The van der Waals surface area contributed by atoms with E-state index in [9.17, 15) is 9.59 Å². The van der Waals surface area contributed by atoms with Gasteiger partial charge in [-0.3, -0.25) is 9.59 Å². The minimum absolute atomic E-state index is 0. The van der Waals surface area contributed by atoms with Gasteiger partial charge in [0.25, 0.3) is 5.91 Å². The van der Waals surface area contributed by atoms with E-state index in [0.29, 0.717) is 23.4 Å². The second-order valence-corrected chi connectivity index (χ2v) is 6.59. The number of unbranched alkanes of at least 4 members (excludes halogenated alkanes) is 1. The Morgan fingerprint density at radius 3 is 2.48 bits per heavy atom. The summed E-state index contributed by atoms with van der Waals surface area (Å²) in [6.45, 7) is 5.91. The molecule has 0 saturated heterocycles. The summed E-state index contributed by atoms with van der Waals surface area (Å²) in [5.41, 5.74) is 9.73. The molecule has 0 aromatic heterocycles. The first-order valence-electron chi connectivity index (χ1n) is 8.96. The molecule has 2 aromatic carbocycles. The number of carbonyl (C=O) groups excluding carboxylic acids is 2. The van der Waals surface area contributed by atoms with Crippen molar-refractivity contribution in [1.82, 2.24) is 0 Å². The molecule has 0 aliphatic heterocycles. The molecule has 0 aliphatic carbocycles. The topological polar surface area (TPSA) is 84.2 Å². The summed E-state index contributed by atoms with van der Waals surface area (Å²) in [6.07, 6.45) is 2.58. The molecule has 6 heteroatoms. The Morgan fingerprint density at radius 2 is 1.81 bits per heavy atom. The monoisotopic (exact) mass is 389 g/mol. The second-order valence-electron chi connectivity index (χ2n) is 6.59. The minimum atomic E-state index is -0.526. The van der Waals surface area contributed by atoms with Crippen molar-refractivity contribution in [2.75, 3.05) is 10.6 Å². The van der Waals surface area contributed by atoms with Gasteiger partial charge in [-0.25, -0.2) is 0 Å². The summed E-state index contributed by atoms with van der Waals surface area (Å²) < 4.78 is 0. The van der Waals surface area contributed by atoms with E-state index in [0.717, 1.165) is 24.0 Å². The molecule has 27 heavy (non-hydrogen) atoms. The van der Waals surface area contributed by atoms with Crippen molar-refractivity contribution in [3.63, 3.8) is 0 Å². The van der Waals surface area contributed by atoms with Gasteiger partial charge in [0.15, 0.2) is 0 Å². The Morgan fingerprint density at radius 1 is 1.07 bits per heavy atom. The van der Waals surface area contributed by atoms with Crippen LogP contribution in [-0.2, 0) is 4.79 Å². The maximum Gasteiger partial charge on any atom is 0.255 e. The fourth-order valence-electron chi connectivity index (χ4n) is 2.61. The van der Waals surface area contributed by atoms with E-state index in [4.69, 9.17) is 5.73 Å². The average molecular weight is 390 g/mol. The van der Waals surface area contributed by atoms with E-state index in [1.54, 1.807) is 12.1 Å². The summed E-state index contributed by atoms with van der Waals surface area (Å²) >= 11 is 0. The first-order chi connectivity index (χ1) is 12.4. The Bertz CT molecular complexity index is 793. The van der Waals surface area contributed by atoms with Gasteiger partial charge in [-0.1, -0.05) is 43.5 Å². The van der Waals surface area contributed by atoms with E-state index in [1.165, 1.54) is 0 Å². The number of carbonyl (C=O) groups is 2.